The van der Waals surface area contributed by atoms with Crippen LogP contribution in [0.3, 0.4) is 0 Å². The summed E-state index contributed by atoms with van der Waals surface area (Å²) in [6.07, 6.45) is 1.89. The molecule has 1 atom stereocenters. The van der Waals surface area contributed by atoms with Crippen molar-refractivity contribution in [3.63, 3.8) is 0 Å². The van der Waals surface area contributed by atoms with Crippen LogP contribution >= 0.6 is 0 Å². The second-order valence-electron chi connectivity index (χ2n) is 4.32. The zero-order chi connectivity index (χ0) is 12.9. The first-order chi connectivity index (χ1) is 8.09. The number of carbonyl (C=O) groups excluding carboxylic acids is 1. The van der Waals surface area contributed by atoms with E-state index < -0.39 is 5.54 Å². The van der Waals surface area contributed by atoms with Gasteiger partial charge in [-0.15, -0.1) is 0 Å². The number of amidine groups is 1. The largest absolute Gasteiger partial charge is 0.409 e. The minimum atomic E-state index is -0.756. The number of ether oxygens (including phenoxy) is 1. The zero-order valence-electron chi connectivity index (χ0n) is 10.4. The van der Waals surface area contributed by atoms with Gasteiger partial charge in [-0.3, -0.25) is 4.79 Å². The maximum absolute atomic E-state index is 12.0. The molecule has 6 heteroatoms. The maximum Gasteiger partial charge on any atom is 0.226 e. The van der Waals surface area contributed by atoms with Crippen LogP contribution in [0.1, 0.15) is 33.1 Å². The highest BCUT2D eigenvalue weighted by atomic mass is 16.5. The van der Waals surface area contributed by atoms with E-state index in [0.29, 0.717) is 26.1 Å². The highest BCUT2D eigenvalue weighted by molar-refractivity contribution is 5.94. The van der Waals surface area contributed by atoms with Gasteiger partial charge in [-0.25, -0.2) is 0 Å². The Labute approximate surface area is 101 Å². The molecule has 1 rings (SSSR count). The number of nitrogens with two attached hydrogens (primary N) is 1. The molecule has 0 aromatic rings. The Kier molecular flexibility index (Phi) is 4.74. The first-order valence-corrected chi connectivity index (χ1v) is 5.97. The van der Waals surface area contributed by atoms with Crippen LogP contribution in [-0.2, 0) is 9.53 Å². The van der Waals surface area contributed by atoms with Crippen molar-refractivity contribution in [3.8, 4) is 0 Å². The summed E-state index contributed by atoms with van der Waals surface area (Å²) in [5, 5.41) is 14.7. The van der Waals surface area contributed by atoms with Crippen molar-refractivity contribution in [2.45, 2.75) is 38.6 Å². The van der Waals surface area contributed by atoms with Crippen molar-refractivity contribution in [2.24, 2.45) is 16.8 Å². The minimum absolute atomic E-state index is 0.0507. The molecule has 0 radical (unpaired) electrons. The van der Waals surface area contributed by atoms with Gasteiger partial charge in [0.05, 0.1) is 12.5 Å². The van der Waals surface area contributed by atoms with Crippen LogP contribution in [0.2, 0.25) is 0 Å². The van der Waals surface area contributed by atoms with Gasteiger partial charge in [0.25, 0.3) is 0 Å². The number of nitrogens with zero attached hydrogens (tertiary/aromatic N) is 1. The van der Waals surface area contributed by atoms with Gasteiger partial charge in [-0.2, -0.15) is 0 Å². The molecule has 1 amide bonds. The summed E-state index contributed by atoms with van der Waals surface area (Å²) < 4.78 is 5.18. The molecule has 4 N–H and O–H groups in total. The fraction of sp³-hybridized carbons (Fsp3) is 0.818. The van der Waals surface area contributed by atoms with E-state index in [-0.39, 0.29) is 17.7 Å². The average Bonchev–Trinajstić information content (AvgIpc) is 2.88. The van der Waals surface area contributed by atoms with Crippen molar-refractivity contribution >= 4 is 11.7 Å². The molecule has 0 aliphatic carbocycles. The topological polar surface area (TPSA) is 96.9 Å². The Morgan fingerprint density at radius 3 is 2.65 bits per heavy atom. The highest BCUT2D eigenvalue weighted by Crippen LogP contribution is 2.19. The van der Waals surface area contributed by atoms with Crippen molar-refractivity contribution < 1.29 is 14.7 Å². The van der Waals surface area contributed by atoms with E-state index in [1.807, 2.05) is 13.8 Å². The number of carbonyl (C=O) groups is 1. The van der Waals surface area contributed by atoms with Gasteiger partial charge in [0.1, 0.15) is 5.54 Å². The molecule has 1 heterocycles. The summed E-state index contributed by atoms with van der Waals surface area (Å²) in [5.41, 5.74) is 4.92. The number of rotatable bonds is 5. The third-order valence-electron chi connectivity index (χ3n) is 3.47. The smallest absolute Gasteiger partial charge is 0.226 e. The Bertz CT molecular complexity index is 294. The van der Waals surface area contributed by atoms with Crippen molar-refractivity contribution in [1.29, 1.82) is 0 Å². The Morgan fingerprint density at radius 2 is 2.24 bits per heavy atom. The first-order valence-electron chi connectivity index (χ1n) is 5.97. The maximum atomic E-state index is 12.0. The standard InChI is InChI=1S/C11H21N3O3/c1-3-11(4-2,10(12)14-16)13-9(15)8-5-6-17-7-8/h8,16H,3-7H2,1-2H3,(H2,12,14)(H,13,15). The van der Waals surface area contributed by atoms with Gasteiger partial charge in [0.2, 0.25) is 5.91 Å². The first kappa shape index (κ1) is 13.8. The normalized spacial score (nSPS) is 21.5. The van der Waals surface area contributed by atoms with E-state index in [2.05, 4.69) is 10.5 Å². The molecule has 1 fully saturated rings. The van der Waals surface area contributed by atoms with Crippen LogP contribution < -0.4 is 11.1 Å². The van der Waals surface area contributed by atoms with Gasteiger partial charge in [-0.1, -0.05) is 19.0 Å². The van der Waals surface area contributed by atoms with Crippen LogP contribution in [0.5, 0.6) is 0 Å². The molecule has 1 saturated heterocycles. The third-order valence-corrected chi connectivity index (χ3v) is 3.47. The van der Waals surface area contributed by atoms with Crippen molar-refractivity contribution in [3.05, 3.63) is 0 Å². The second kappa shape index (κ2) is 5.86. The summed E-state index contributed by atoms with van der Waals surface area (Å²) in [7, 11) is 0. The fourth-order valence-electron chi connectivity index (χ4n) is 2.03. The summed E-state index contributed by atoms with van der Waals surface area (Å²) >= 11 is 0. The lowest BCUT2D eigenvalue weighted by atomic mass is 9.90. The van der Waals surface area contributed by atoms with E-state index in [4.69, 9.17) is 15.7 Å². The lowest BCUT2D eigenvalue weighted by molar-refractivity contribution is -0.126. The molecule has 0 spiro atoms. The number of nitrogens with one attached hydrogen (secondary N) is 1. The van der Waals surface area contributed by atoms with E-state index >= 15 is 0 Å². The van der Waals surface area contributed by atoms with Gasteiger partial charge >= 0.3 is 0 Å². The van der Waals surface area contributed by atoms with Crippen molar-refractivity contribution in [2.75, 3.05) is 13.2 Å². The SMILES string of the molecule is CCC(CC)(NC(=O)C1CCOC1)C(N)=NO. The molecule has 0 bridgehead atoms. The van der Waals surface area contributed by atoms with Crippen LogP contribution in [0, 0.1) is 5.92 Å². The predicted molar refractivity (Wildman–Crippen MR) is 63.8 cm³/mol. The molecule has 1 aliphatic rings. The molecule has 0 saturated carbocycles. The molecule has 17 heavy (non-hydrogen) atoms. The monoisotopic (exact) mass is 243 g/mol. The molecule has 6 nitrogen and oxygen atoms in total. The number of amides is 1. The van der Waals surface area contributed by atoms with Crippen LogP contribution in [-0.4, -0.2) is 35.7 Å². The Hall–Kier alpha value is -1.30. The van der Waals surface area contributed by atoms with Gasteiger partial charge < -0.3 is 21.0 Å². The zero-order valence-corrected chi connectivity index (χ0v) is 10.4. The quantitative estimate of drug-likeness (QED) is 0.282. The summed E-state index contributed by atoms with van der Waals surface area (Å²) in [6, 6.07) is 0. The van der Waals surface area contributed by atoms with Crippen LogP contribution in [0.25, 0.3) is 0 Å². The molecule has 0 aromatic heterocycles. The Balaban J connectivity index is 2.75. The lowest BCUT2D eigenvalue weighted by Gasteiger charge is -2.32. The number of hydrogen-bond acceptors (Lipinski definition) is 4. The molecular formula is C11H21N3O3. The summed E-state index contributed by atoms with van der Waals surface area (Å²) in [4.78, 5) is 12.0. The number of oxime groups is 1. The van der Waals surface area contributed by atoms with E-state index in [0.717, 1.165) is 6.42 Å². The van der Waals surface area contributed by atoms with E-state index in [9.17, 15) is 4.79 Å². The lowest BCUT2D eigenvalue weighted by Crippen LogP contribution is -2.58. The van der Waals surface area contributed by atoms with Crippen LogP contribution in [0.4, 0.5) is 0 Å². The summed E-state index contributed by atoms with van der Waals surface area (Å²) in [6.45, 7) is 4.86. The minimum Gasteiger partial charge on any atom is -0.409 e. The Morgan fingerprint density at radius 1 is 1.59 bits per heavy atom. The van der Waals surface area contributed by atoms with Crippen molar-refractivity contribution in [1.82, 2.24) is 5.32 Å². The highest BCUT2D eigenvalue weighted by Gasteiger charge is 2.36. The molecular weight excluding hydrogens is 222 g/mol. The van der Waals surface area contributed by atoms with Gasteiger partial charge in [-0.05, 0) is 19.3 Å². The van der Waals surface area contributed by atoms with E-state index in [1.54, 1.807) is 0 Å². The second-order valence-corrected chi connectivity index (χ2v) is 4.32. The summed E-state index contributed by atoms with van der Waals surface area (Å²) in [5.74, 6) is -0.161. The predicted octanol–water partition coefficient (Wildman–Crippen LogP) is 0.444. The fourth-order valence-corrected chi connectivity index (χ4v) is 2.03. The molecule has 1 aliphatic heterocycles. The van der Waals surface area contributed by atoms with Crippen LogP contribution in [0.15, 0.2) is 5.16 Å². The molecule has 98 valence electrons. The van der Waals surface area contributed by atoms with E-state index in [1.165, 1.54) is 0 Å². The number of hydrogen-bond donors (Lipinski definition) is 3. The average molecular weight is 243 g/mol. The van der Waals surface area contributed by atoms with Gasteiger partial charge in [0, 0.05) is 6.61 Å². The third kappa shape index (κ3) is 2.88. The van der Waals surface area contributed by atoms with Gasteiger partial charge in [0.15, 0.2) is 5.84 Å². The molecule has 0 aromatic carbocycles. The molecule has 1 unspecified atom stereocenters.